The molecule has 2 N–H and O–H groups in total. The average molecular weight is 317 g/mol. The highest BCUT2D eigenvalue weighted by Crippen LogP contribution is 2.20. The number of sulfonamides is 1. The molecule has 0 saturated carbocycles. The van der Waals surface area contributed by atoms with Crippen LogP contribution in [0.15, 0.2) is 33.2 Å². The Balaban J connectivity index is 1.99. The van der Waals surface area contributed by atoms with E-state index in [2.05, 4.69) is 4.72 Å². The van der Waals surface area contributed by atoms with Gasteiger partial charge in [-0.25, -0.2) is 17.9 Å². The Morgan fingerprint density at radius 2 is 2.16 bits per heavy atom. The Morgan fingerprint density at radius 1 is 1.37 bits per heavy atom. The van der Waals surface area contributed by atoms with Crippen molar-refractivity contribution in [1.29, 1.82) is 0 Å². The van der Waals surface area contributed by atoms with E-state index in [1.54, 1.807) is 11.3 Å². The topological polar surface area (TPSA) is 83.5 Å². The van der Waals surface area contributed by atoms with E-state index in [1.165, 1.54) is 11.4 Å². The van der Waals surface area contributed by atoms with E-state index < -0.39 is 16.0 Å². The molecule has 0 bridgehead atoms. The van der Waals surface area contributed by atoms with Gasteiger partial charge in [0.15, 0.2) is 0 Å². The van der Waals surface area contributed by atoms with E-state index in [9.17, 15) is 13.2 Å². The smallest absolute Gasteiger partial charge is 0.336 e. The van der Waals surface area contributed by atoms with Crippen LogP contribution >= 0.6 is 22.7 Å². The van der Waals surface area contributed by atoms with E-state index in [-0.39, 0.29) is 9.77 Å². The van der Waals surface area contributed by atoms with E-state index in [0.29, 0.717) is 13.0 Å². The Bertz CT molecular complexity index is 658. The molecule has 0 saturated heterocycles. The summed E-state index contributed by atoms with van der Waals surface area (Å²) in [6.45, 7) is 0.295. The highest BCUT2D eigenvalue weighted by Gasteiger charge is 2.18. The zero-order valence-corrected chi connectivity index (χ0v) is 12.1. The molecule has 19 heavy (non-hydrogen) atoms. The van der Waals surface area contributed by atoms with Gasteiger partial charge in [0, 0.05) is 16.8 Å². The van der Waals surface area contributed by atoms with Crippen LogP contribution in [-0.2, 0) is 16.4 Å². The van der Waals surface area contributed by atoms with Gasteiger partial charge < -0.3 is 5.11 Å². The Kier molecular flexibility index (Phi) is 4.35. The molecular weight excluding hydrogens is 306 g/mol. The van der Waals surface area contributed by atoms with Gasteiger partial charge in [0.05, 0.1) is 5.56 Å². The first-order valence-electron chi connectivity index (χ1n) is 5.33. The molecule has 2 aromatic heterocycles. The predicted octanol–water partition coefficient (Wildman–Crippen LogP) is 2.03. The summed E-state index contributed by atoms with van der Waals surface area (Å²) >= 11 is 2.47. The average Bonchev–Trinajstić information content (AvgIpc) is 2.99. The Hall–Kier alpha value is -1.22. The van der Waals surface area contributed by atoms with Crippen LogP contribution < -0.4 is 4.72 Å². The third kappa shape index (κ3) is 3.63. The zero-order chi connectivity index (χ0) is 13.9. The molecule has 8 heteroatoms. The van der Waals surface area contributed by atoms with Gasteiger partial charge in [0.1, 0.15) is 4.21 Å². The van der Waals surface area contributed by atoms with E-state index >= 15 is 0 Å². The van der Waals surface area contributed by atoms with E-state index in [4.69, 9.17) is 5.11 Å². The normalized spacial score (nSPS) is 11.6. The van der Waals surface area contributed by atoms with Gasteiger partial charge in [0.2, 0.25) is 10.0 Å². The number of carboxylic acid groups (broad SMARTS) is 1. The summed E-state index contributed by atoms with van der Waals surface area (Å²) in [7, 11) is -3.62. The van der Waals surface area contributed by atoms with Crippen LogP contribution in [0.3, 0.4) is 0 Å². The second-order valence-electron chi connectivity index (χ2n) is 3.69. The van der Waals surface area contributed by atoms with E-state index in [0.717, 1.165) is 16.2 Å². The molecule has 102 valence electrons. The standard InChI is InChI=1S/C11H11NO4S3/c13-11(14)8-6-10(18-7-8)19(15,16)12-4-3-9-2-1-5-17-9/h1-2,5-7,12H,3-4H2,(H,13,14). The molecule has 0 fully saturated rings. The largest absolute Gasteiger partial charge is 0.478 e. The minimum absolute atomic E-state index is 0.0105. The fraction of sp³-hybridized carbons (Fsp3) is 0.182. The monoisotopic (exact) mass is 317 g/mol. The summed E-state index contributed by atoms with van der Waals surface area (Å²) in [5.41, 5.74) is -0.0105. The molecule has 0 atom stereocenters. The fourth-order valence-electron chi connectivity index (χ4n) is 1.40. The van der Waals surface area contributed by atoms with Crippen LogP contribution in [0.4, 0.5) is 0 Å². The second-order valence-corrected chi connectivity index (χ2v) is 7.62. The summed E-state index contributed by atoms with van der Waals surface area (Å²) in [5, 5.41) is 12.0. The lowest BCUT2D eigenvalue weighted by Gasteiger charge is -2.03. The van der Waals surface area contributed by atoms with Crippen molar-refractivity contribution in [3.05, 3.63) is 39.4 Å². The molecule has 2 aromatic rings. The maximum atomic E-state index is 11.9. The van der Waals surface area contributed by atoms with Gasteiger partial charge in [-0.1, -0.05) is 6.07 Å². The molecule has 0 amide bonds. The Labute approximate surface area is 118 Å². The van der Waals surface area contributed by atoms with Crippen molar-refractivity contribution >= 4 is 38.7 Å². The van der Waals surface area contributed by atoms with Gasteiger partial charge >= 0.3 is 5.97 Å². The predicted molar refractivity (Wildman–Crippen MR) is 74.5 cm³/mol. The molecule has 0 unspecified atom stereocenters. The van der Waals surface area contributed by atoms with Gasteiger partial charge in [-0.2, -0.15) is 0 Å². The number of rotatable bonds is 6. The van der Waals surface area contributed by atoms with Crippen molar-refractivity contribution in [3.8, 4) is 0 Å². The van der Waals surface area contributed by atoms with Crippen LogP contribution in [0.5, 0.6) is 0 Å². The first kappa shape index (κ1) is 14.2. The van der Waals surface area contributed by atoms with Crippen molar-refractivity contribution in [1.82, 2.24) is 4.72 Å². The quantitative estimate of drug-likeness (QED) is 0.854. The van der Waals surface area contributed by atoms with Crippen LogP contribution in [0, 0.1) is 0 Å². The van der Waals surface area contributed by atoms with Crippen molar-refractivity contribution in [2.24, 2.45) is 0 Å². The molecule has 2 heterocycles. The fourth-order valence-corrected chi connectivity index (χ4v) is 4.34. The molecule has 2 rings (SSSR count). The summed E-state index contributed by atoms with van der Waals surface area (Å²) in [5.74, 6) is -1.13. The molecule has 5 nitrogen and oxygen atoms in total. The number of hydrogen-bond acceptors (Lipinski definition) is 5. The maximum Gasteiger partial charge on any atom is 0.336 e. The van der Waals surface area contributed by atoms with Crippen LogP contribution in [0.2, 0.25) is 0 Å². The molecular formula is C11H11NO4S3. The Morgan fingerprint density at radius 3 is 2.74 bits per heavy atom. The highest BCUT2D eigenvalue weighted by atomic mass is 32.2. The third-order valence-electron chi connectivity index (χ3n) is 2.33. The minimum atomic E-state index is -3.62. The summed E-state index contributed by atoms with van der Waals surface area (Å²) < 4.78 is 26.3. The number of carboxylic acids is 1. The lowest BCUT2D eigenvalue weighted by atomic mass is 10.3. The van der Waals surface area contributed by atoms with Crippen LogP contribution in [0.1, 0.15) is 15.2 Å². The summed E-state index contributed by atoms with van der Waals surface area (Å²) in [6, 6.07) is 5.01. The molecule has 0 spiro atoms. The van der Waals surface area contributed by atoms with Gasteiger partial charge in [-0.05, 0) is 23.9 Å². The number of thiophene rings is 2. The first-order chi connectivity index (χ1) is 8.99. The summed E-state index contributed by atoms with van der Waals surface area (Å²) in [4.78, 5) is 11.8. The second kappa shape index (κ2) is 5.83. The van der Waals surface area contributed by atoms with Crippen molar-refractivity contribution in [3.63, 3.8) is 0 Å². The van der Waals surface area contributed by atoms with Crippen molar-refractivity contribution < 1.29 is 18.3 Å². The molecule has 0 aromatic carbocycles. The maximum absolute atomic E-state index is 11.9. The lowest BCUT2D eigenvalue weighted by Crippen LogP contribution is -2.25. The van der Waals surface area contributed by atoms with Gasteiger partial charge in [-0.15, -0.1) is 22.7 Å². The minimum Gasteiger partial charge on any atom is -0.478 e. The van der Waals surface area contributed by atoms with Gasteiger partial charge in [-0.3, -0.25) is 0 Å². The lowest BCUT2D eigenvalue weighted by molar-refractivity contribution is 0.0697. The number of hydrogen-bond donors (Lipinski definition) is 2. The van der Waals surface area contributed by atoms with E-state index in [1.807, 2.05) is 17.5 Å². The molecule has 0 aliphatic heterocycles. The van der Waals surface area contributed by atoms with Crippen molar-refractivity contribution in [2.75, 3.05) is 6.54 Å². The number of carbonyl (C=O) groups is 1. The van der Waals surface area contributed by atoms with Gasteiger partial charge in [0.25, 0.3) is 0 Å². The first-order valence-corrected chi connectivity index (χ1v) is 8.57. The highest BCUT2D eigenvalue weighted by molar-refractivity contribution is 7.91. The van der Waals surface area contributed by atoms with Crippen LogP contribution in [0.25, 0.3) is 0 Å². The SMILES string of the molecule is O=C(O)c1csc(S(=O)(=O)NCCc2cccs2)c1. The molecule has 0 radical (unpaired) electrons. The van der Waals surface area contributed by atoms with Crippen molar-refractivity contribution in [2.45, 2.75) is 10.6 Å². The third-order valence-corrected chi connectivity index (χ3v) is 6.17. The van der Waals surface area contributed by atoms with Crippen LogP contribution in [-0.4, -0.2) is 26.0 Å². The molecule has 0 aliphatic carbocycles. The number of aromatic carboxylic acids is 1. The molecule has 0 aliphatic rings. The summed E-state index contributed by atoms with van der Waals surface area (Å²) in [6.07, 6.45) is 0.619. The number of nitrogens with one attached hydrogen (secondary N) is 1. The zero-order valence-electron chi connectivity index (χ0n) is 9.70.